The standard InChI is InChI=1S/C17H20AtNO7S/c1-10(20)13(6-7-15(21)22)19-17(25)26-14(16(23)24)9-27-8-11-2-4-12(18)5-3-11/h2-5,13-14H,6-9H2,1H3,(H,19,25)(H,21,22)(H,23,24)/t13-,14-/m0/s1/i18+1. The third-order valence-corrected chi connectivity index (χ3v) is 5.46. The summed E-state index contributed by atoms with van der Waals surface area (Å²) in [5.41, 5.74) is 1.03. The minimum atomic E-state index is -1.38. The van der Waals surface area contributed by atoms with Crippen molar-refractivity contribution in [2.24, 2.45) is 0 Å². The van der Waals surface area contributed by atoms with Gasteiger partial charge in [-0.05, 0) is 13.3 Å². The van der Waals surface area contributed by atoms with Crippen molar-refractivity contribution in [3.05, 3.63) is 29.8 Å². The first-order valence-electron chi connectivity index (χ1n) is 7.93. The molecule has 1 aromatic carbocycles. The molecule has 0 fully saturated rings. The van der Waals surface area contributed by atoms with E-state index in [1.165, 1.54) is 22.0 Å². The molecule has 0 bridgehead atoms. The number of nitrogens with one attached hydrogen (secondary N) is 1. The van der Waals surface area contributed by atoms with Gasteiger partial charge in [-0.2, -0.15) is 0 Å². The number of carbonyl (C=O) groups excluding carboxylic acids is 2. The van der Waals surface area contributed by atoms with Crippen molar-refractivity contribution in [2.45, 2.75) is 37.7 Å². The van der Waals surface area contributed by atoms with E-state index in [0.717, 1.165) is 5.56 Å². The van der Waals surface area contributed by atoms with Gasteiger partial charge in [0.2, 0.25) is 0 Å². The number of benzene rings is 1. The van der Waals surface area contributed by atoms with Gasteiger partial charge in [0.25, 0.3) is 0 Å². The van der Waals surface area contributed by atoms with E-state index < -0.39 is 36.0 Å². The van der Waals surface area contributed by atoms with Crippen LogP contribution in [-0.4, -0.2) is 51.9 Å². The predicted molar refractivity (Wildman–Crippen MR) is 94.6 cm³/mol. The molecule has 0 aromatic heterocycles. The number of carboxylic acids is 2. The number of hydrogen-bond acceptors (Lipinski definition) is 6. The van der Waals surface area contributed by atoms with Crippen LogP contribution in [0.25, 0.3) is 0 Å². The molecule has 2 atom stereocenters. The van der Waals surface area contributed by atoms with E-state index in [-0.39, 0.29) is 18.6 Å². The van der Waals surface area contributed by atoms with E-state index in [1.807, 2.05) is 24.3 Å². The topological polar surface area (TPSA) is 130 Å². The number of aliphatic carboxylic acids is 2. The Morgan fingerprint density at radius 1 is 1.19 bits per heavy atom. The van der Waals surface area contributed by atoms with Crippen molar-refractivity contribution in [2.75, 3.05) is 5.75 Å². The summed E-state index contributed by atoms with van der Waals surface area (Å²) < 4.78 is 6.06. The van der Waals surface area contributed by atoms with Crippen molar-refractivity contribution in [3.8, 4) is 0 Å². The number of Topliss-reactive ketones (excluding diaryl/α,β-unsaturated/α-hetero) is 1. The van der Waals surface area contributed by atoms with Crippen LogP contribution in [0.5, 0.6) is 0 Å². The Bertz CT molecular complexity index is 680. The number of carbonyl (C=O) groups is 4. The fourth-order valence-electron chi connectivity index (χ4n) is 1.97. The Hall–Kier alpha value is -1.67. The number of ketones is 1. The molecule has 0 aliphatic rings. The molecule has 0 radical (unpaired) electrons. The molecule has 8 nitrogen and oxygen atoms in total. The summed E-state index contributed by atoms with van der Waals surface area (Å²) in [6.07, 6.45) is -2.84. The van der Waals surface area contributed by atoms with Crippen molar-refractivity contribution in [3.63, 3.8) is 0 Å². The molecule has 0 aliphatic carbocycles. The van der Waals surface area contributed by atoms with Gasteiger partial charge in [0.05, 0.1) is 0 Å². The van der Waals surface area contributed by atoms with Crippen LogP contribution in [0, 0.1) is 24.7 Å². The van der Waals surface area contributed by atoms with Gasteiger partial charge in [0.1, 0.15) is 0 Å². The molecule has 27 heavy (non-hydrogen) atoms. The molecular weight excluding hydrogens is 573 g/mol. The Morgan fingerprint density at radius 3 is 2.33 bits per heavy atom. The molecule has 148 valence electrons. The average Bonchev–Trinajstić information content (AvgIpc) is 2.58. The Kier molecular flexibility index (Phi) is 10.3. The average molecular weight is 593 g/mol. The SMILES string of the molecule is CC(=O)[C@H](CCC(=O)O)NC(=O)O[C@@H](CSCc1ccc([211At])cc1)C(=O)O. The first kappa shape index (κ1) is 23.4. The molecule has 3 N–H and O–H groups in total. The zero-order valence-electron chi connectivity index (χ0n) is 14.5. The van der Waals surface area contributed by atoms with Crippen LogP contribution in [-0.2, 0) is 24.9 Å². The first-order chi connectivity index (χ1) is 12.7. The number of alkyl carbamates (subject to hydrolysis) is 1. The van der Waals surface area contributed by atoms with Gasteiger partial charge in [-0.25, -0.2) is 0 Å². The van der Waals surface area contributed by atoms with E-state index in [9.17, 15) is 24.3 Å². The van der Waals surface area contributed by atoms with Crippen molar-refractivity contribution in [1.29, 1.82) is 0 Å². The van der Waals surface area contributed by atoms with Crippen LogP contribution in [0.2, 0.25) is 0 Å². The second-order valence-corrected chi connectivity index (χ2v) is 8.34. The normalized spacial score (nSPS) is 12.7. The summed E-state index contributed by atoms with van der Waals surface area (Å²) >= 11 is 2.87. The summed E-state index contributed by atoms with van der Waals surface area (Å²) in [6, 6.07) is 6.82. The van der Waals surface area contributed by atoms with Crippen LogP contribution in [0.3, 0.4) is 0 Å². The fraction of sp³-hybridized carbons (Fsp3) is 0.412. The maximum atomic E-state index is 11.9. The molecule has 0 spiro atoms. The maximum absolute atomic E-state index is 11.9. The van der Waals surface area contributed by atoms with E-state index >= 15 is 0 Å². The van der Waals surface area contributed by atoms with Crippen LogP contribution in [0.4, 0.5) is 4.79 Å². The quantitative estimate of drug-likeness (QED) is 0.348. The molecule has 1 aromatic rings. The number of amides is 1. The third kappa shape index (κ3) is 9.72. The van der Waals surface area contributed by atoms with Crippen LogP contribution < -0.4 is 8.59 Å². The fourth-order valence-corrected chi connectivity index (χ4v) is 3.43. The second kappa shape index (κ2) is 11.9. The molecule has 0 aliphatic heterocycles. The second-order valence-electron chi connectivity index (χ2n) is 5.61. The summed E-state index contributed by atoms with van der Waals surface area (Å²) in [6.45, 7) is 1.21. The zero-order chi connectivity index (χ0) is 20.4. The van der Waals surface area contributed by atoms with Gasteiger partial charge in [-0.1, -0.05) is 0 Å². The number of hydrogen-bond donors (Lipinski definition) is 3. The number of rotatable bonds is 11. The van der Waals surface area contributed by atoms with Crippen molar-refractivity contribution < 1.29 is 58.8 Å². The summed E-state index contributed by atoms with van der Waals surface area (Å²) in [4.78, 5) is 45.3. The predicted octanol–water partition coefficient (Wildman–Crippen LogP) is 1.10. The van der Waals surface area contributed by atoms with Crippen molar-refractivity contribution >= 4 is 38.8 Å². The van der Waals surface area contributed by atoms with Gasteiger partial charge in [-0.3, -0.25) is 9.59 Å². The molecule has 0 unspecified atom stereocenters. The minimum absolute atomic E-state index is 0.0417. The molecule has 0 saturated heterocycles. The zero-order valence-corrected chi connectivity index (χ0v) is 18.3. The van der Waals surface area contributed by atoms with Crippen molar-refractivity contribution in [1.82, 2.24) is 5.32 Å². The summed E-state index contributed by atoms with van der Waals surface area (Å²) in [5.74, 6) is -2.23. The number of carboxylic acid groups (broad SMARTS) is 2. The summed E-state index contributed by atoms with van der Waals surface area (Å²) in [5, 5.41) is 20.1. The molecule has 0 saturated carbocycles. The monoisotopic (exact) mass is 593 g/mol. The summed E-state index contributed by atoms with van der Waals surface area (Å²) in [7, 11) is 0. The van der Waals surface area contributed by atoms with Crippen LogP contribution in [0.1, 0.15) is 25.3 Å². The molecule has 1 amide bonds. The van der Waals surface area contributed by atoms with Gasteiger partial charge in [0.15, 0.2) is 5.78 Å². The van der Waals surface area contributed by atoms with Crippen LogP contribution >= 0.6 is 11.8 Å². The van der Waals surface area contributed by atoms with Gasteiger partial charge in [-0.15, -0.1) is 0 Å². The molecular formula is C17H20AtNO7S. The van der Waals surface area contributed by atoms with Crippen LogP contribution in [0.15, 0.2) is 24.3 Å². The third-order valence-electron chi connectivity index (χ3n) is 3.41. The molecule has 10 heteroatoms. The Balaban J connectivity index is 2.52. The molecule has 0 heterocycles. The first-order valence-corrected chi connectivity index (χ1v) is 10.6. The Labute approximate surface area is 175 Å². The van der Waals surface area contributed by atoms with Gasteiger partial charge >= 0.3 is 136 Å². The Morgan fingerprint density at radius 2 is 1.81 bits per heavy atom. The van der Waals surface area contributed by atoms with E-state index in [4.69, 9.17) is 9.84 Å². The number of ether oxygens (including phenoxy) is 1. The van der Waals surface area contributed by atoms with Gasteiger partial charge < -0.3 is 5.11 Å². The number of thioether (sulfide) groups is 1. The molecule has 1 rings (SSSR count). The van der Waals surface area contributed by atoms with Gasteiger partial charge in [0, 0.05) is 6.42 Å². The van der Waals surface area contributed by atoms with E-state index in [2.05, 4.69) is 5.32 Å². The van der Waals surface area contributed by atoms with E-state index in [1.54, 1.807) is 24.7 Å². The van der Waals surface area contributed by atoms with E-state index in [0.29, 0.717) is 5.75 Å².